The zero-order chi connectivity index (χ0) is 52.5. The third-order valence-corrected chi connectivity index (χ3v) is 14.9. The van der Waals surface area contributed by atoms with E-state index in [2.05, 4.69) is 76.1 Å². The van der Waals surface area contributed by atoms with Crippen molar-refractivity contribution in [2.24, 2.45) is 23.2 Å². The molecule has 2 aliphatic rings. The van der Waals surface area contributed by atoms with E-state index < -0.39 is 5.41 Å². The highest BCUT2D eigenvalue weighted by Crippen LogP contribution is 2.41. The standard InChI is InChI=1S/C61H105NO10/c1-7-11-15-16-17-18-19-20-21-22-23-24-25-26-27-31-35-53(71-58(65)39-33-32-34-51(49-69-56(63)37-29-13-9-3)50-70-57(64)38-30-14-10-4)42-47-68-59(66)48-52-40-41-55(54(52)36-28-12-8-2)72-60(67)61(5)43-45-62(6)46-44-61/h12,17-18,20-21,28,51-55H,7-11,13-16,19,22-27,29-50H2,1-6H3/b18-17-,21-20-,28-12-. The first-order valence-electron chi connectivity index (χ1n) is 29.4. The summed E-state index contributed by atoms with van der Waals surface area (Å²) in [4.78, 5) is 67.4. The Kier molecular flexibility index (Phi) is 37.6. The summed E-state index contributed by atoms with van der Waals surface area (Å²) in [6.45, 7) is 12.9. The second kappa shape index (κ2) is 41.8. The SMILES string of the molecule is CC/C=C\CC1C(CC(=O)OCCC(CCCCCCCC/C=C\C/C=C\CCCCC)OC(=O)CCCCC(COC(=O)CCCCC)COC(=O)CCCCC)CCC1OC(=O)C1(C)CCN(C)CC1. The number of hydrogen-bond acceptors (Lipinski definition) is 11. The normalized spacial score (nSPS) is 18.6. The van der Waals surface area contributed by atoms with Gasteiger partial charge in [0.2, 0.25) is 0 Å². The molecule has 0 aromatic heterocycles. The molecule has 0 aromatic rings. The van der Waals surface area contributed by atoms with Gasteiger partial charge >= 0.3 is 29.8 Å². The molecule has 72 heavy (non-hydrogen) atoms. The Bertz CT molecular complexity index is 1510. The van der Waals surface area contributed by atoms with Crippen molar-refractivity contribution in [1.82, 2.24) is 4.90 Å². The molecule has 0 bridgehead atoms. The molecule has 4 unspecified atom stereocenters. The van der Waals surface area contributed by atoms with Crippen LogP contribution in [0.25, 0.3) is 0 Å². The van der Waals surface area contributed by atoms with Crippen molar-refractivity contribution >= 4 is 29.8 Å². The zero-order valence-corrected chi connectivity index (χ0v) is 46.8. The maximum absolute atomic E-state index is 13.5. The Balaban J connectivity index is 1.94. The van der Waals surface area contributed by atoms with Gasteiger partial charge in [-0.05, 0) is 142 Å². The third-order valence-electron chi connectivity index (χ3n) is 14.9. The summed E-state index contributed by atoms with van der Waals surface area (Å²) in [6, 6.07) is 0. The van der Waals surface area contributed by atoms with Crippen LogP contribution in [0.15, 0.2) is 36.5 Å². The lowest BCUT2D eigenvalue weighted by molar-refractivity contribution is -0.165. The molecule has 0 amide bonds. The van der Waals surface area contributed by atoms with E-state index in [0.29, 0.717) is 44.9 Å². The van der Waals surface area contributed by atoms with Gasteiger partial charge in [-0.15, -0.1) is 0 Å². The van der Waals surface area contributed by atoms with Gasteiger partial charge in [0.15, 0.2) is 0 Å². The average Bonchev–Trinajstić information content (AvgIpc) is 3.73. The molecule has 0 spiro atoms. The number of likely N-dealkylation sites (tertiary alicyclic amines) is 1. The van der Waals surface area contributed by atoms with E-state index in [1.54, 1.807) is 0 Å². The first-order chi connectivity index (χ1) is 34.9. The highest BCUT2D eigenvalue weighted by molar-refractivity contribution is 5.77. The number of ether oxygens (including phenoxy) is 5. The lowest BCUT2D eigenvalue weighted by Gasteiger charge is -2.37. The van der Waals surface area contributed by atoms with Crippen LogP contribution in [0.3, 0.4) is 0 Å². The third kappa shape index (κ3) is 31.3. The molecule has 2 rings (SSSR count). The summed E-state index contributed by atoms with van der Waals surface area (Å²) in [5.74, 6) is -1.11. The smallest absolute Gasteiger partial charge is 0.312 e. The molecule has 414 valence electrons. The average molecular weight is 1010 g/mol. The molecule has 1 heterocycles. The zero-order valence-electron chi connectivity index (χ0n) is 46.8. The van der Waals surface area contributed by atoms with Gasteiger partial charge in [0.05, 0.1) is 25.2 Å². The lowest BCUT2D eigenvalue weighted by atomic mass is 9.80. The van der Waals surface area contributed by atoms with E-state index in [0.717, 1.165) is 122 Å². The van der Waals surface area contributed by atoms with Gasteiger partial charge in [0, 0.05) is 43.9 Å². The summed E-state index contributed by atoms with van der Waals surface area (Å²) in [7, 11) is 2.09. The van der Waals surface area contributed by atoms with Crippen LogP contribution in [0.2, 0.25) is 0 Å². The predicted molar refractivity (Wildman–Crippen MR) is 291 cm³/mol. The van der Waals surface area contributed by atoms with Crippen LogP contribution < -0.4 is 0 Å². The fraction of sp³-hybridized carbons (Fsp3) is 0.820. The number of esters is 5. The number of nitrogens with zero attached hydrogens (tertiary/aromatic N) is 1. The minimum atomic E-state index is -0.477. The number of carbonyl (C=O) groups excluding carboxylic acids is 5. The molecule has 4 atom stereocenters. The number of carbonyl (C=O) groups is 5. The molecule has 1 saturated carbocycles. The van der Waals surface area contributed by atoms with Gasteiger partial charge in [-0.3, -0.25) is 24.0 Å². The van der Waals surface area contributed by atoms with Gasteiger partial charge in [-0.2, -0.15) is 0 Å². The Hall–Kier alpha value is -3.47. The fourth-order valence-electron chi connectivity index (χ4n) is 9.84. The van der Waals surface area contributed by atoms with Gasteiger partial charge in [0.1, 0.15) is 12.2 Å². The quantitative estimate of drug-likeness (QED) is 0.0250. The Morgan fingerprint density at radius 1 is 0.583 bits per heavy atom. The number of hydrogen-bond donors (Lipinski definition) is 0. The second-order valence-electron chi connectivity index (χ2n) is 21.5. The maximum atomic E-state index is 13.5. The van der Waals surface area contributed by atoms with Gasteiger partial charge in [0.25, 0.3) is 0 Å². The summed E-state index contributed by atoms with van der Waals surface area (Å²) in [5, 5.41) is 0. The molecule has 0 aromatic carbocycles. The molecule has 1 aliphatic heterocycles. The van der Waals surface area contributed by atoms with Crippen LogP contribution in [0.4, 0.5) is 0 Å². The van der Waals surface area contributed by atoms with E-state index in [4.69, 9.17) is 23.7 Å². The number of unbranched alkanes of at least 4 members (excludes halogenated alkanes) is 14. The molecule has 1 aliphatic carbocycles. The number of rotatable bonds is 43. The molecule has 0 N–H and O–H groups in total. The van der Waals surface area contributed by atoms with Crippen LogP contribution in [0.5, 0.6) is 0 Å². The van der Waals surface area contributed by atoms with Crippen molar-refractivity contribution in [3.05, 3.63) is 36.5 Å². The summed E-state index contributed by atoms with van der Waals surface area (Å²) >= 11 is 0. The van der Waals surface area contributed by atoms with Crippen LogP contribution in [0.1, 0.15) is 247 Å². The number of allylic oxidation sites excluding steroid dienone is 6. The highest BCUT2D eigenvalue weighted by atomic mass is 16.6. The van der Waals surface area contributed by atoms with Gasteiger partial charge in [-0.1, -0.05) is 135 Å². The highest BCUT2D eigenvalue weighted by Gasteiger charge is 2.43. The van der Waals surface area contributed by atoms with Crippen molar-refractivity contribution in [2.45, 2.75) is 259 Å². The monoisotopic (exact) mass is 1010 g/mol. The van der Waals surface area contributed by atoms with E-state index in [9.17, 15) is 24.0 Å². The first kappa shape index (κ1) is 64.6. The molecule has 11 nitrogen and oxygen atoms in total. The molecular weight excluding hydrogens is 907 g/mol. The second-order valence-corrected chi connectivity index (χ2v) is 21.5. The van der Waals surface area contributed by atoms with Crippen molar-refractivity contribution < 1.29 is 47.7 Å². The van der Waals surface area contributed by atoms with E-state index in [-0.39, 0.29) is 92.5 Å². The summed E-state index contributed by atoms with van der Waals surface area (Å²) in [6.07, 6.45) is 41.5. The van der Waals surface area contributed by atoms with E-state index in [1.165, 1.54) is 44.9 Å². The Morgan fingerprint density at radius 2 is 1.14 bits per heavy atom. The Labute approximate surface area is 439 Å². The maximum Gasteiger partial charge on any atom is 0.312 e. The fourth-order valence-corrected chi connectivity index (χ4v) is 9.84. The lowest BCUT2D eigenvalue weighted by Crippen LogP contribution is -2.43. The topological polar surface area (TPSA) is 135 Å². The minimum absolute atomic E-state index is 0.0584. The minimum Gasteiger partial charge on any atom is -0.466 e. The molecule has 1 saturated heterocycles. The molecule has 11 heteroatoms. The summed E-state index contributed by atoms with van der Waals surface area (Å²) < 4.78 is 29.5. The summed E-state index contributed by atoms with van der Waals surface area (Å²) in [5.41, 5.74) is -0.477. The van der Waals surface area contributed by atoms with E-state index >= 15 is 0 Å². The van der Waals surface area contributed by atoms with Crippen LogP contribution >= 0.6 is 0 Å². The van der Waals surface area contributed by atoms with Crippen LogP contribution in [-0.2, 0) is 47.7 Å². The molecular formula is C61H105NO10. The van der Waals surface area contributed by atoms with Crippen molar-refractivity contribution in [1.29, 1.82) is 0 Å². The van der Waals surface area contributed by atoms with Gasteiger partial charge in [-0.25, -0.2) is 0 Å². The molecule has 0 radical (unpaired) electrons. The van der Waals surface area contributed by atoms with Crippen molar-refractivity contribution in [2.75, 3.05) is 40.0 Å². The Morgan fingerprint density at radius 3 is 1.76 bits per heavy atom. The first-order valence-corrected chi connectivity index (χ1v) is 29.4. The molecule has 2 fully saturated rings. The van der Waals surface area contributed by atoms with Crippen LogP contribution in [0, 0.1) is 23.2 Å². The van der Waals surface area contributed by atoms with Crippen LogP contribution in [-0.4, -0.2) is 86.9 Å². The largest absolute Gasteiger partial charge is 0.466 e. The van der Waals surface area contributed by atoms with Crippen molar-refractivity contribution in [3.8, 4) is 0 Å². The van der Waals surface area contributed by atoms with Crippen molar-refractivity contribution in [3.63, 3.8) is 0 Å². The van der Waals surface area contributed by atoms with E-state index in [1.807, 2.05) is 6.92 Å². The van der Waals surface area contributed by atoms with Gasteiger partial charge < -0.3 is 28.6 Å². The number of piperidine rings is 1. The predicted octanol–water partition coefficient (Wildman–Crippen LogP) is 14.9.